The molecule has 1 aromatic heterocycles. The zero-order valence-corrected chi connectivity index (χ0v) is 13.8. The van der Waals surface area contributed by atoms with Gasteiger partial charge in [-0.25, -0.2) is 4.68 Å². The van der Waals surface area contributed by atoms with Gasteiger partial charge in [-0.15, -0.1) is 5.10 Å². The van der Waals surface area contributed by atoms with E-state index in [2.05, 4.69) is 27.3 Å². The smallest absolute Gasteiger partial charge is 0.325 e. The summed E-state index contributed by atoms with van der Waals surface area (Å²) in [4.78, 5) is 13.1. The van der Waals surface area contributed by atoms with Crippen molar-refractivity contribution >= 4 is 5.97 Å². The van der Waals surface area contributed by atoms with Crippen molar-refractivity contribution in [3.8, 4) is 5.75 Å². The molecule has 1 aliphatic rings. The molecule has 7 heteroatoms. The Kier molecular flexibility index (Phi) is 5.10. The first kappa shape index (κ1) is 16.4. The van der Waals surface area contributed by atoms with Crippen LogP contribution in [0.3, 0.4) is 0 Å². The van der Waals surface area contributed by atoms with Gasteiger partial charge in [-0.2, -0.15) is 0 Å². The summed E-state index contributed by atoms with van der Waals surface area (Å²) < 4.78 is 6.86. The predicted octanol–water partition coefficient (Wildman–Crippen LogP) is 2.10. The van der Waals surface area contributed by atoms with E-state index in [0.717, 1.165) is 30.8 Å². The van der Waals surface area contributed by atoms with E-state index in [9.17, 15) is 4.79 Å². The molecule has 1 aliphatic heterocycles. The molecular formula is C17H22N4O3. The van der Waals surface area contributed by atoms with E-state index in [0.29, 0.717) is 19.2 Å². The summed E-state index contributed by atoms with van der Waals surface area (Å²) in [6.45, 7) is 4.17. The van der Waals surface area contributed by atoms with E-state index < -0.39 is 5.97 Å². The van der Waals surface area contributed by atoms with E-state index in [-0.39, 0.29) is 6.54 Å². The van der Waals surface area contributed by atoms with Crippen molar-refractivity contribution in [2.24, 2.45) is 0 Å². The van der Waals surface area contributed by atoms with Crippen LogP contribution in [0.1, 0.15) is 37.1 Å². The van der Waals surface area contributed by atoms with Crippen LogP contribution >= 0.6 is 0 Å². The number of aliphatic carboxylic acids is 1. The number of hydrogen-bond acceptors (Lipinski definition) is 5. The quantitative estimate of drug-likeness (QED) is 0.837. The molecule has 1 N–H and O–H groups in total. The summed E-state index contributed by atoms with van der Waals surface area (Å²) in [6, 6.07) is 8.62. The second kappa shape index (κ2) is 7.44. The molecule has 0 bridgehead atoms. The molecule has 1 saturated heterocycles. The molecule has 0 amide bonds. The van der Waals surface area contributed by atoms with Gasteiger partial charge in [-0.3, -0.25) is 9.69 Å². The molecule has 0 saturated carbocycles. The van der Waals surface area contributed by atoms with Gasteiger partial charge in [0.1, 0.15) is 12.3 Å². The highest BCUT2D eigenvalue weighted by Gasteiger charge is 2.26. The molecule has 2 heterocycles. The third-order valence-electron chi connectivity index (χ3n) is 4.19. The molecule has 128 valence electrons. The fraction of sp³-hybridized carbons (Fsp3) is 0.471. The van der Waals surface area contributed by atoms with Gasteiger partial charge in [0.05, 0.1) is 18.5 Å². The van der Waals surface area contributed by atoms with Crippen LogP contribution in [0.4, 0.5) is 0 Å². The van der Waals surface area contributed by atoms with Crippen LogP contribution in [0.5, 0.6) is 5.75 Å². The van der Waals surface area contributed by atoms with Gasteiger partial charge < -0.3 is 9.84 Å². The predicted molar refractivity (Wildman–Crippen MR) is 87.7 cm³/mol. The summed E-state index contributed by atoms with van der Waals surface area (Å²) in [5.41, 5.74) is 2.07. The van der Waals surface area contributed by atoms with Crippen LogP contribution < -0.4 is 4.74 Å². The summed E-state index contributed by atoms with van der Waals surface area (Å²) in [5.74, 6) is -0.0257. The van der Waals surface area contributed by atoms with Crippen LogP contribution in [-0.4, -0.2) is 44.1 Å². The summed E-state index contributed by atoms with van der Waals surface area (Å²) in [6.07, 6.45) is 3.96. The lowest BCUT2D eigenvalue weighted by atomic mass is 10.0. The van der Waals surface area contributed by atoms with Crippen molar-refractivity contribution in [1.29, 1.82) is 0 Å². The zero-order valence-electron chi connectivity index (χ0n) is 13.8. The molecule has 0 aliphatic carbocycles. The third kappa shape index (κ3) is 3.91. The highest BCUT2D eigenvalue weighted by Crippen LogP contribution is 2.33. The maximum Gasteiger partial charge on any atom is 0.325 e. The van der Waals surface area contributed by atoms with E-state index in [1.807, 2.05) is 19.1 Å². The van der Waals surface area contributed by atoms with Crippen molar-refractivity contribution in [2.75, 3.05) is 13.2 Å². The second-order valence-corrected chi connectivity index (χ2v) is 5.93. The summed E-state index contributed by atoms with van der Waals surface area (Å²) in [5, 5.41) is 16.8. The lowest BCUT2D eigenvalue weighted by Gasteiger charge is -2.24. The molecule has 3 rings (SSSR count). The maximum absolute atomic E-state index is 10.7. The van der Waals surface area contributed by atoms with Crippen molar-refractivity contribution < 1.29 is 14.6 Å². The van der Waals surface area contributed by atoms with Crippen LogP contribution in [-0.2, 0) is 17.9 Å². The second-order valence-electron chi connectivity index (χ2n) is 5.93. The van der Waals surface area contributed by atoms with Crippen molar-refractivity contribution in [2.45, 2.75) is 38.9 Å². The molecule has 24 heavy (non-hydrogen) atoms. The molecule has 0 spiro atoms. The minimum Gasteiger partial charge on any atom is -0.494 e. The Morgan fingerprint density at radius 2 is 2.17 bits per heavy atom. The summed E-state index contributed by atoms with van der Waals surface area (Å²) >= 11 is 0. The van der Waals surface area contributed by atoms with Gasteiger partial charge in [-0.1, -0.05) is 17.3 Å². The fourth-order valence-electron chi connectivity index (χ4n) is 3.18. The number of ether oxygens (including phenoxy) is 1. The van der Waals surface area contributed by atoms with E-state index >= 15 is 0 Å². The van der Waals surface area contributed by atoms with Gasteiger partial charge in [0.25, 0.3) is 0 Å². The van der Waals surface area contributed by atoms with E-state index in [1.165, 1.54) is 10.2 Å². The Morgan fingerprint density at radius 3 is 2.88 bits per heavy atom. The van der Waals surface area contributed by atoms with Gasteiger partial charge in [-0.05, 0) is 44.0 Å². The molecule has 1 atom stereocenters. The van der Waals surface area contributed by atoms with E-state index in [1.54, 1.807) is 6.20 Å². The fourth-order valence-corrected chi connectivity index (χ4v) is 3.18. The Morgan fingerprint density at radius 1 is 1.38 bits per heavy atom. The van der Waals surface area contributed by atoms with Crippen LogP contribution in [0.15, 0.2) is 30.5 Å². The van der Waals surface area contributed by atoms with Crippen LogP contribution in [0, 0.1) is 0 Å². The van der Waals surface area contributed by atoms with E-state index in [4.69, 9.17) is 9.84 Å². The molecular weight excluding hydrogens is 308 g/mol. The average molecular weight is 330 g/mol. The first-order valence-electron chi connectivity index (χ1n) is 8.23. The lowest BCUT2D eigenvalue weighted by molar-refractivity contribution is -0.137. The zero-order chi connectivity index (χ0) is 16.9. The Labute approximate surface area is 140 Å². The SMILES string of the molecule is CCOc1ccc(C2CCCN2Cc2cn(CC(=O)O)nn2)cc1. The van der Waals surface area contributed by atoms with Crippen molar-refractivity contribution in [1.82, 2.24) is 19.9 Å². The molecule has 1 aromatic carbocycles. The third-order valence-corrected chi connectivity index (χ3v) is 4.19. The first-order chi connectivity index (χ1) is 11.7. The highest BCUT2D eigenvalue weighted by molar-refractivity contribution is 5.66. The van der Waals surface area contributed by atoms with Gasteiger partial charge in [0, 0.05) is 12.6 Å². The maximum atomic E-state index is 10.7. The standard InChI is InChI=1S/C17H22N4O3/c1-2-24-15-7-5-13(6-8-15)16-4-3-9-20(16)10-14-11-21(19-18-14)12-17(22)23/h5-8,11,16H,2-4,9-10,12H2,1H3,(H,22,23). The molecule has 2 aromatic rings. The number of likely N-dealkylation sites (tertiary alicyclic amines) is 1. The van der Waals surface area contributed by atoms with Crippen molar-refractivity contribution in [3.05, 3.63) is 41.7 Å². The molecule has 7 nitrogen and oxygen atoms in total. The number of hydrogen-bond donors (Lipinski definition) is 1. The summed E-state index contributed by atoms with van der Waals surface area (Å²) in [7, 11) is 0. The Hall–Kier alpha value is -2.41. The number of rotatable bonds is 7. The van der Waals surface area contributed by atoms with Crippen LogP contribution in [0.2, 0.25) is 0 Å². The van der Waals surface area contributed by atoms with Crippen LogP contribution in [0.25, 0.3) is 0 Å². The van der Waals surface area contributed by atoms with Crippen molar-refractivity contribution in [3.63, 3.8) is 0 Å². The van der Waals surface area contributed by atoms with Gasteiger partial charge >= 0.3 is 5.97 Å². The number of carboxylic acids is 1. The minimum atomic E-state index is -0.917. The minimum absolute atomic E-state index is 0.157. The molecule has 0 radical (unpaired) electrons. The average Bonchev–Trinajstić information content (AvgIpc) is 3.18. The first-order valence-corrected chi connectivity index (χ1v) is 8.23. The molecule has 1 unspecified atom stereocenters. The lowest BCUT2D eigenvalue weighted by Crippen LogP contribution is -2.23. The topological polar surface area (TPSA) is 80.5 Å². The Balaban J connectivity index is 1.66. The monoisotopic (exact) mass is 330 g/mol. The number of carbonyl (C=O) groups is 1. The van der Waals surface area contributed by atoms with Gasteiger partial charge in [0.15, 0.2) is 0 Å². The normalized spacial score (nSPS) is 18.0. The highest BCUT2D eigenvalue weighted by atomic mass is 16.5. The number of nitrogens with zero attached hydrogens (tertiary/aromatic N) is 4. The van der Waals surface area contributed by atoms with Gasteiger partial charge in [0.2, 0.25) is 0 Å². The number of carboxylic acid groups (broad SMARTS) is 1. The number of aromatic nitrogens is 3. The molecule has 1 fully saturated rings. The largest absolute Gasteiger partial charge is 0.494 e. The Bertz CT molecular complexity index is 683. The number of benzene rings is 1.